The van der Waals surface area contributed by atoms with Crippen molar-refractivity contribution >= 4 is 27.5 Å². The van der Waals surface area contributed by atoms with E-state index in [-0.39, 0.29) is 12.1 Å². The standard InChI is InChI=1S/C17H20BrClN2/c1-12(20)17(14-6-4-7-15(18)10-14)21(2)11-13-5-3-8-16(19)9-13/h3-10,12,17H,11,20H2,1-2H3. The van der Waals surface area contributed by atoms with Gasteiger partial charge in [0.05, 0.1) is 0 Å². The molecule has 2 aromatic carbocycles. The van der Waals surface area contributed by atoms with E-state index in [2.05, 4.69) is 46.1 Å². The Bertz CT molecular complexity index is 601. The van der Waals surface area contributed by atoms with Crippen LogP contribution < -0.4 is 5.73 Å². The average Bonchev–Trinajstić information content (AvgIpc) is 2.38. The van der Waals surface area contributed by atoms with Crippen LogP contribution in [0.15, 0.2) is 53.0 Å². The Kier molecular flexibility index (Phi) is 5.82. The molecule has 2 nitrogen and oxygen atoms in total. The molecule has 0 aliphatic rings. The molecule has 0 spiro atoms. The van der Waals surface area contributed by atoms with E-state index in [0.29, 0.717) is 0 Å². The molecule has 0 saturated heterocycles. The Balaban J connectivity index is 2.22. The molecule has 2 aromatic rings. The average molecular weight is 368 g/mol. The van der Waals surface area contributed by atoms with Crippen LogP contribution in [-0.4, -0.2) is 18.0 Å². The van der Waals surface area contributed by atoms with E-state index in [4.69, 9.17) is 17.3 Å². The molecule has 2 rings (SSSR count). The number of nitrogens with two attached hydrogens (primary N) is 1. The first kappa shape index (κ1) is 16.5. The Hall–Kier alpha value is -0.870. The van der Waals surface area contributed by atoms with Crippen molar-refractivity contribution in [1.29, 1.82) is 0 Å². The van der Waals surface area contributed by atoms with Crippen LogP contribution in [0.4, 0.5) is 0 Å². The maximum Gasteiger partial charge on any atom is 0.0497 e. The van der Waals surface area contributed by atoms with Gasteiger partial charge < -0.3 is 5.73 Å². The second kappa shape index (κ2) is 7.41. The van der Waals surface area contributed by atoms with E-state index in [1.165, 1.54) is 11.1 Å². The normalized spacial score (nSPS) is 14.2. The SMILES string of the molecule is CC(N)C(c1cccc(Br)c1)N(C)Cc1cccc(Cl)c1. The summed E-state index contributed by atoms with van der Waals surface area (Å²) in [5.74, 6) is 0. The van der Waals surface area contributed by atoms with Crippen molar-refractivity contribution in [1.82, 2.24) is 4.90 Å². The maximum absolute atomic E-state index is 6.22. The van der Waals surface area contributed by atoms with Gasteiger partial charge in [-0.1, -0.05) is 51.8 Å². The summed E-state index contributed by atoms with van der Waals surface area (Å²) in [6.07, 6.45) is 0. The first-order chi connectivity index (χ1) is 9.97. The van der Waals surface area contributed by atoms with Crippen LogP contribution in [0.3, 0.4) is 0 Å². The summed E-state index contributed by atoms with van der Waals surface area (Å²) in [5, 5.41) is 0.765. The zero-order valence-electron chi connectivity index (χ0n) is 12.3. The fraction of sp³-hybridized carbons (Fsp3) is 0.294. The summed E-state index contributed by atoms with van der Waals surface area (Å²) < 4.78 is 1.07. The van der Waals surface area contributed by atoms with E-state index in [9.17, 15) is 0 Å². The minimum Gasteiger partial charge on any atom is -0.326 e. The van der Waals surface area contributed by atoms with Crippen LogP contribution in [0.2, 0.25) is 5.02 Å². The topological polar surface area (TPSA) is 29.3 Å². The molecule has 112 valence electrons. The van der Waals surface area contributed by atoms with E-state index >= 15 is 0 Å². The van der Waals surface area contributed by atoms with E-state index in [1.54, 1.807) is 0 Å². The van der Waals surface area contributed by atoms with Gasteiger partial charge in [0.25, 0.3) is 0 Å². The summed E-state index contributed by atoms with van der Waals surface area (Å²) in [7, 11) is 2.09. The molecular weight excluding hydrogens is 348 g/mol. The quantitative estimate of drug-likeness (QED) is 0.835. The van der Waals surface area contributed by atoms with Gasteiger partial charge in [-0.15, -0.1) is 0 Å². The van der Waals surface area contributed by atoms with Crippen molar-refractivity contribution in [2.75, 3.05) is 7.05 Å². The van der Waals surface area contributed by atoms with Crippen molar-refractivity contribution in [2.24, 2.45) is 5.73 Å². The van der Waals surface area contributed by atoms with Gasteiger partial charge in [0.15, 0.2) is 0 Å². The third kappa shape index (κ3) is 4.55. The van der Waals surface area contributed by atoms with E-state index in [1.807, 2.05) is 37.3 Å². The van der Waals surface area contributed by atoms with Crippen molar-refractivity contribution in [2.45, 2.75) is 25.6 Å². The van der Waals surface area contributed by atoms with Crippen LogP contribution in [0.5, 0.6) is 0 Å². The predicted molar refractivity (Wildman–Crippen MR) is 93.5 cm³/mol. The third-order valence-corrected chi connectivity index (χ3v) is 4.21. The Morgan fingerprint density at radius 1 is 1.19 bits per heavy atom. The highest BCUT2D eigenvalue weighted by molar-refractivity contribution is 9.10. The Labute approximate surface area is 140 Å². The van der Waals surface area contributed by atoms with Crippen LogP contribution >= 0.6 is 27.5 Å². The Morgan fingerprint density at radius 2 is 1.90 bits per heavy atom. The second-order valence-electron chi connectivity index (χ2n) is 5.40. The summed E-state index contributed by atoms with van der Waals surface area (Å²) in [6.45, 7) is 2.85. The van der Waals surface area contributed by atoms with Gasteiger partial charge in [0.1, 0.15) is 0 Å². The number of halogens is 2. The molecule has 2 atom stereocenters. The lowest BCUT2D eigenvalue weighted by molar-refractivity contribution is 0.211. The van der Waals surface area contributed by atoms with Gasteiger partial charge in [-0.3, -0.25) is 4.90 Å². The summed E-state index contributed by atoms with van der Waals surface area (Å²) in [4.78, 5) is 2.26. The van der Waals surface area contributed by atoms with Crippen molar-refractivity contribution < 1.29 is 0 Å². The molecule has 0 radical (unpaired) electrons. The zero-order chi connectivity index (χ0) is 15.4. The number of hydrogen-bond donors (Lipinski definition) is 1. The third-order valence-electron chi connectivity index (χ3n) is 3.48. The minimum absolute atomic E-state index is 0.0310. The molecule has 4 heteroatoms. The van der Waals surface area contributed by atoms with Crippen LogP contribution in [0.1, 0.15) is 24.1 Å². The summed E-state index contributed by atoms with van der Waals surface area (Å²) in [5.41, 5.74) is 8.62. The zero-order valence-corrected chi connectivity index (χ0v) is 14.6. The second-order valence-corrected chi connectivity index (χ2v) is 6.76. The molecule has 0 heterocycles. The summed E-state index contributed by atoms with van der Waals surface area (Å²) in [6, 6.07) is 16.5. The molecule has 21 heavy (non-hydrogen) atoms. The number of benzene rings is 2. The first-order valence-electron chi connectivity index (χ1n) is 6.93. The fourth-order valence-electron chi connectivity index (χ4n) is 2.67. The highest BCUT2D eigenvalue weighted by Gasteiger charge is 2.21. The summed E-state index contributed by atoms with van der Waals surface area (Å²) >= 11 is 9.59. The monoisotopic (exact) mass is 366 g/mol. The molecule has 0 saturated carbocycles. The van der Waals surface area contributed by atoms with Crippen LogP contribution in [0, 0.1) is 0 Å². The van der Waals surface area contributed by atoms with Gasteiger partial charge >= 0.3 is 0 Å². The molecule has 0 aliphatic carbocycles. The van der Waals surface area contributed by atoms with Crippen molar-refractivity contribution in [3.63, 3.8) is 0 Å². The Morgan fingerprint density at radius 3 is 2.52 bits per heavy atom. The maximum atomic E-state index is 6.22. The van der Waals surface area contributed by atoms with Crippen molar-refractivity contribution in [3.8, 4) is 0 Å². The number of likely N-dealkylation sites (N-methyl/N-ethyl adjacent to an activating group) is 1. The lowest BCUT2D eigenvalue weighted by Gasteiger charge is -2.31. The highest BCUT2D eigenvalue weighted by Crippen LogP contribution is 2.26. The van der Waals surface area contributed by atoms with E-state index in [0.717, 1.165) is 16.0 Å². The molecule has 2 unspecified atom stereocenters. The van der Waals surface area contributed by atoms with Gasteiger partial charge in [-0.2, -0.15) is 0 Å². The lowest BCUT2D eigenvalue weighted by Crippen LogP contribution is -2.36. The minimum atomic E-state index is 0.0310. The van der Waals surface area contributed by atoms with Gasteiger partial charge in [-0.25, -0.2) is 0 Å². The molecule has 0 amide bonds. The molecular formula is C17H20BrClN2. The highest BCUT2D eigenvalue weighted by atomic mass is 79.9. The van der Waals surface area contributed by atoms with Gasteiger partial charge in [-0.05, 0) is 49.4 Å². The molecule has 0 aliphatic heterocycles. The number of hydrogen-bond acceptors (Lipinski definition) is 2. The molecule has 0 bridgehead atoms. The molecule has 0 fully saturated rings. The molecule has 2 N–H and O–H groups in total. The fourth-order valence-corrected chi connectivity index (χ4v) is 3.30. The van der Waals surface area contributed by atoms with E-state index < -0.39 is 0 Å². The van der Waals surface area contributed by atoms with Crippen molar-refractivity contribution in [3.05, 3.63) is 69.2 Å². The molecule has 0 aromatic heterocycles. The first-order valence-corrected chi connectivity index (χ1v) is 8.10. The largest absolute Gasteiger partial charge is 0.326 e. The lowest BCUT2D eigenvalue weighted by atomic mass is 9.99. The van der Waals surface area contributed by atoms with Crippen LogP contribution in [-0.2, 0) is 6.54 Å². The predicted octanol–water partition coefficient (Wildman–Crippen LogP) is 4.62. The smallest absolute Gasteiger partial charge is 0.0497 e. The van der Waals surface area contributed by atoms with Gasteiger partial charge in [0.2, 0.25) is 0 Å². The van der Waals surface area contributed by atoms with Gasteiger partial charge in [0, 0.05) is 28.1 Å². The number of rotatable bonds is 5. The van der Waals surface area contributed by atoms with Crippen LogP contribution in [0.25, 0.3) is 0 Å². The number of nitrogens with zero attached hydrogens (tertiary/aromatic N) is 1.